The molecule has 0 aliphatic carbocycles. The van der Waals surface area contributed by atoms with E-state index >= 15 is 0 Å². The first-order valence-corrected chi connectivity index (χ1v) is 9.01. The first-order chi connectivity index (χ1) is 11.3. The molecule has 0 saturated carbocycles. The maximum absolute atomic E-state index is 6.18. The highest BCUT2D eigenvalue weighted by Crippen LogP contribution is 2.38. The van der Waals surface area contributed by atoms with Crippen molar-refractivity contribution in [3.63, 3.8) is 0 Å². The number of rotatable bonds is 3. The number of likely N-dealkylation sites (tertiary alicyclic amines) is 1. The van der Waals surface area contributed by atoms with Crippen molar-refractivity contribution in [1.29, 1.82) is 0 Å². The first-order valence-electron chi connectivity index (χ1n) is 8.63. The molecular formula is C18H23ClN4. The summed E-state index contributed by atoms with van der Waals surface area (Å²) in [6.45, 7) is 5.54. The maximum Gasteiger partial charge on any atom is 0.133 e. The zero-order chi connectivity index (χ0) is 15.8. The van der Waals surface area contributed by atoms with E-state index in [4.69, 9.17) is 16.7 Å². The van der Waals surface area contributed by atoms with Gasteiger partial charge in [-0.1, -0.05) is 31.0 Å². The van der Waals surface area contributed by atoms with Gasteiger partial charge in [0.2, 0.25) is 0 Å². The average molecular weight is 331 g/mol. The number of nitrogens with zero attached hydrogens (tertiary/aromatic N) is 3. The van der Waals surface area contributed by atoms with Gasteiger partial charge in [0.15, 0.2) is 0 Å². The highest BCUT2D eigenvalue weighted by molar-refractivity contribution is 6.30. The van der Waals surface area contributed by atoms with Crippen LogP contribution >= 0.6 is 11.6 Å². The van der Waals surface area contributed by atoms with Crippen molar-refractivity contribution in [2.24, 2.45) is 0 Å². The Balaban J connectivity index is 1.78. The van der Waals surface area contributed by atoms with Crippen LogP contribution in [0.2, 0.25) is 5.02 Å². The number of fused-ring (bicyclic) bond motifs is 1. The van der Waals surface area contributed by atoms with E-state index in [1.807, 2.05) is 22.9 Å². The molecule has 0 bridgehead atoms. The van der Waals surface area contributed by atoms with Crippen LogP contribution in [-0.2, 0) is 6.42 Å². The summed E-state index contributed by atoms with van der Waals surface area (Å²) >= 11 is 6.18. The van der Waals surface area contributed by atoms with E-state index in [0.29, 0.717) is 6.04 Å². The molecule has 2 aromatic rings. The number of hydrogen-bond donors (Lipinski definition) is 1. The van der Waals surface area contributed by atoms with Gasteiger partial charge in [-0.25, -0.2) is 4.68 Å². The summed E-state index contributed by atoms with van der Waals surface area (Å²) in [5.41, 5.74) is 3.70. The van der Waals surface area contributed by atoms with Crippen LogP contribution in [0.5, 0.6) is 0 Å². The lowest BCUT2D eigenvalue weighted by Gasteiger charge is -2.34. The third-order valence-electron chi connectivity index (χ3n) is 5.07. The summed E-state index contributed by atoms with van der Waals surface area (Å²) in [5, 5.41) is 9.29. The van der Waals surface area contributed by atoms with Crippen LogP contribution in [0.3, 0.4) is 0 Å². The monoisotopic (exact) mass is 330 g/mol. The number of nitrogens with one attached hydrogen (secondary N) is 1. The van der Waals surface area contributed by atoms with E-state index in [1.54, 1.807) is 0 Å². The Bertz CT molecular complexity index is 709. The lowest BCUT2D eigenvalue weighted by molar-refractivity contribution is 0.153. The summed E-state index contributed by atoms with van der Waals surface area (Å²) in [6, 6.07) is 8.41. The second-order valence-corrected chi connectivity index (χ2v) is 6.86. The molecule has 1 atom stereocenters. The van der Waals surface area contributed by atoms with Crippen LogP contribution in [0.25, 0.3) is 5.69 Å². The van der Waals surface area contributed by atoms with Crippen molar-refractivity contribution >= 4 is 17.4 Å². The molecule has 5 heteroatoms. The Hall–Kier alpha value is -1.52. The lowest BCUT2D eigenvalue weighted by atomic mass is 9.96. The zero-order valence-corrected chi connectivity index (χ0v) is 14.3. The first kappa shape index (κ1) is 15.0. The summed E-state index contributed by atoms with van der Waals surface area (Å²) < 4.78 is 2.05. The van der Waals surface area contributed by atoms with Crippen molar-refractivity contribution in [3.8, 4) is 5.69 Å². The smallest absolute Gasteiger partial charge is 0.133 e. The van der Waals surface area contributed by atoms with Crippen LogP contribution in [0.4, 0.5) is 5.82 Å². The quantitative estimate of drug-likeness (QED) is 0.922. The molecule has 122 valence electrons. The number of halogens is 1. The molecule has 0 amide bonds. The number of aromatic nitrogens is 2. The minimum absolute atomic E-state index is 0.461. The summed E-state index contributed by atoms with van der Waals surface area (Å²) in [6.07, 6.45) is 4.89. The Morgan fingerprint density at radius 2 is 2.26 bits per heavy atom. The fraction of sp³-hybridized carbons (Fsp3) is 0.500. The summed E-state index contributed by atoms with van der Waals surface area (Å²) in [5.74, 6) is 1.16. The third kappa shape index (κ3) is 2.64. The van der Waals surface area contributed by atoms with Crippen molar-refractivity contribution in [3.05, 3.63) is 40.5 Å². The van der Waals surface area contributed by atoms with Crippen molar-refractivity contribution in [1.82, 2.24) is 14.7 Å². The zero-order valence-electron chi connectivity index (χ0n) is 13.6. The molecule has 2 aliphatic heterocycles. The number of hydrogen-bond acceptors (Lipinski definition) is 3. The largest absolute Gasteiger partial charge is 0.369 e. The minimum Gasteiger partial charge on any atom is -0.369 e. The van der Waals surface area contributed by atoms with Gasteiger partial charge in [-0.05, 0) is 50.6 Å². The van der Waals surface area contributed by atoms with E-state index in [1.165, 1.54) is 37.1 Å². The van der Waals surface area contributed by atoms with Gasteiger partial charge < -0.3 is 5.32 Å². The topological polar surface area (TPSA) is 33.1 Å². The van der Waals surface area contributed by atoms with Crippen LogP contribution in [0.1, 0.15) is 43.5 Å². The van der Waals surface area contributed by atoms with E-state index in [-0.39, 0.29) is 0 Å². The van der Waals surface area contributed by atoms with Gasteiger partial charge in [-0.2, -0.15) is 5.10 Å². The van der Waals surface area contributed by atoms with Gasteiger partial charge in [0.1, 0.15) is 5.82 Å². The molecule has 1 unspecified atom stereocenters. The molecule has 1 saturated heterocycles. The van der Waals surface area contributed by atoms with E-state index in [0.717, 1.165) is 36.0 Å². The number of anilines is 1. The minimum atomic E-state index is 0.461. The predicted octanol–water partition coefficient (Wildman–Crippen LogP) is 4.04. The fourth-order valence-electron chi connectivity index (χ4n) is 3.94. The molecule has 0 spiro atoms. The van der Waals surface area contributed by atoms with E-state index in [2.05, 4.69) is 23.2 Å². The Labute approximate surface area is 142 Å². The second-order valence-electron chi connectivity index (χ2n) is 6.42. The SMILES string of the molecule is CCN1CCCCC1c1nn(-c2cccc(Cl)c2)c2c1CCN2. The molecule has 1 aromatic heterocycles. The van der Waals surface area contributed by atoms with Gasteiger partial charge in [0, 0.05) is 17.1 Å². The standard InChI is InChI=1S/C18H23ClN4/c1-2-22-11-4-3-8-16(22)17-15-9-10-20-18(15)23(21-17)14-7-5-6-13(19)12-14/h5-7,12,16,20H,2-4,8-11H2,1H3. The van der Waals surface area contributed by atoms with Gasteiger partial charge in [-0.15, -0.1) is 0 Å². The lowest BCUT2D eigenvalue weighted by Crippen LogP contribution is -2.33. The normalized spacial score (nSPS) is 21.2. The number of piperidine rings is 1. The Morgan fingerprint density at radius 1 is 1.35 bits per heavy atom. The third-order valence-corrected chi connectivity index (χ3v) is 5.31. The molecule has 4 rings (SSSR count). The molecule has 1 aromatic carbocycles. The van der Waals surface area contributed by atoms with Crippen LogP contribution in [0.15, 0.2) is 24.3 Å². The molecule has 1 fully saturated rings. The van der Waals surface area contributed by atoms with Crippen LogP contribution in [-0.4, -0.2) is 34.3 Å². The molecule has 4 nitrogen and oxygen atoms in total. The molecule has 0 radical (unpaired) electrons. The fourth-order valence-corrected chi connectivity index (χ4v) is 4.13. The van der Waals surface area contributed by atoms with Gasteiger partial charge in [-0.3, -0.25) is 4.90 Å². The summed E-state index contributed by atoms with van der Waals surface area (Å²) in [4.78, 5) is 2.58. The van der Waals surface area contributed by atoms with Gasteiger partial charge in [0.25, 0.3) is 0 Å². The maximum atomic E-state index is 6.18. The highest BCUT2D eigenvalue weighted by Gasteiger charge is 2.31. The Kier molecular flexibility index (Phi) is 4.04. The van der Waals surface area contributed by atoms with Crippen molar-refractivity contribution in [2.45, 2.75) is 38.6 Å². The van der Waals surface area contributed by atoms with Gasteiger partial charge in [0.05, 0.1) is 17.4 Å². The second kappa shape index (κ2) is 6.17. The highest BCUT2D eigenvalue weighted by atomic mass is 35.5. The van der Waals surface area contributed by atoms with E-state index < -0.39 is 0 Å². The average Bonchev–Trinajstić information content (AvgIpc) is 3.17. The molecule has 2 aliphatic rings. The molecular weight excluding hydrogens is 308 g/mol. The van der Waals surface area contributed by atoms with Crippen LogP contribution in [0, 0.1) is 0 Å². The number of benzene rings is 1. The van der Waals surface area contributed by atoms with Crippen molar-refractivity contribution < 1.29 is 0 Å². The van der Waals surface area contributed by atoms with E-state index in [9.17, 15) is 0 Å². The molecule has 1 N–H and O–H groups in total. The molecule has 23 heavy (non-hydrogen) atoms. The van der Waals surface area contributed by atoms with Crippen LogP contribution < -0.4 is 5.32 Å². The van der Waals surface area contributed by atoms with Crippen molar-refractivity contribution in [2.75, 3.05) is 25.0 Å². The van der Waals surface area contributed by atoms with Gasteiger partial charge >= 0.3 is 0 Å². The summed E-state index contributed by atoms with van der Waals surface area (Å²) in [7, 11) is 0. The predicted molar refractivity (Wildman–Crippen MR) is 94.6 cm³/mol. The Morgan fingerprint density at radius 3 is 3.09 bits per heavy atom. The molecule has 3 heterocycles.